The summed E-state index contributed by atoms with van der Waals surface area (Å²) in [6, 6.07) is 11.1. The first-order valence-corrected chi connectivity index (χ1v) is 13.8. The average Bonchev–Trinajstić information content (AvgIpc) is 3.14. The molecule has 0 N–H and O–H groups in total. The van der Waals surface area contributed by atoms with E-state index in [9.17, 15) is 0 Å². The number of ether oxygens (including phenoxy) is 2. The van der Waals surface area contributed by atoms with E-state index in [2.05, 4.69) is 51.1 Å². The van der Waals surface area contributed by atoms with Gasteiger partial charge in [-0.25, -0.2) is 0 Å². The van der Waals surface area contributed by atoms with Crippen LogP contribution in [0.1, 0.15) is 96.5 Å². The molecule has 2 aromatic carbocycles. The number of thiophene rings is 1. The second-order valence-electron chi connectivity index (χ2n) is 9.11. The van der Waals surface area contributed by atoms with Gasteiger partial charge in [0.1, 0.15) is 11.5 Å². The Morgan fingerprint density at radius 1 is 0.625 bits per heavy atom. The van der Waals surface area contributed by atoms with Crippen molar-refractivity contribution in [2.24, 2.45) is 0 Å². The van der Waals surface area contributed by atoms with E-state index in [1.807, 2.05) is 11.3 Å². The minimum atomic E-state index is 0.811. The Morgan fingerprint density at radius 2 is 1.22 bits per heavy atom. The zero-order chi connectivity index (χ0) is 22.6. The quantitative estimate of drug-likeness (QED) is 0.200. The van der Waals surface area contributed by atoms with Crippen LogP contribution in [0.4, 0.5) is 0 Å². The predicted octanol–water partition coefficient (Wildman–Crippen LogP) is 9.84. The Balaban J connectivity index is 1.58. The van der Waals surface area contributed by atoms with Crippen LogP contribution >= 0.6 is 11.3 Å². The van der Waals surface area contributed by atoms with Gasteiger partial charge < -0.3 is 9.47 Å². The fraction of sp³-hybridized carbons (Fsp3) is 0.586. The highest BCUT2D eigenvalue weighted by Gasteiger charge is 2.10. The van der Waals surface area contributed by atoms with Crippen LogP contribution in [0.5, 0.6) is 11.5 Å². The highest BCUT2D eigenvalue weighted by Crippen LogP contribution is 2.39. The van der Waals surface area contributed by atoms with Gasteiger partial charge in [0.05, 0.1) is 13.2 Å². The number of unbranched alkanes of at least 4 members (excludes halogenated alkanes) is 10. The monoisotopic (exact) mass is 454 g/mol. The van der Waals surface area contributed by atoms with Gasteiger partial charge in [-0.15, -0.1) is 11.3 Å². The van der Waals surface area contributed by atoms with Crippen LogP contribution in [0.3, 0.4) is 0 Å². The first-order valence-electron chi connectivity index (χ1n) is 13.0. The van der Waals surface area contributed by atoms with Crippen LogP contribution in [0.25, 0.3) is 20.2 Å². The van der Waals surface area contributed by atoms with E-state index in [1.54, 1.807) is 0 Å². The van der Waals surface area contributed by atoms with E-state index in [4.69, 9.17) is 9.47 Å². The second-order valence-corrected chi connectivity index (χ2v) is 10.2. The highest BCUT2D eigenvalue weighted by atomic mass is 32.1. The molecule has 3 heteroatoms. The molecule has 0 unspecified atom stereocenters. The normalized spacial score (nSPS) is 11.5. The maximum Gasteiger partial charge on any atom is 0.122 e. The Kier molecular flexibility index (Phi) is 10.7. The average molecular weight is 455 g/mol. The van der Waals surface area contributed by atoms with Gasteiger partial charge in [0.15, 0.2) is 0 Å². The number of aryl methyl sites for hydroxylation is 1. The largest absolute Gasteiger partial charge is 0.494 e. The summed E-state index contributed by atoms with van der Waals surface area (Å²) in [5.41, 5.74) is 1.23. The van der Waals surface area contributed by atoms with E-state index in [0.717, 1.165) is 37.6 Å². The van der Waals surface area contributed by atoms with Crippen molar-refractivity contribution in [1.82, 2.24) is 0 Å². The van der Waals surface area contributed by atoms with Gasteiger partial charge in [-0.1, -0.05) is 78.1 Å². The van der Waals surface area contributed by atoms with E-state index < -0.39 is 0 Å². The molecular weight excluding hydrogens is 412 g/mol. The highest BCUT2D eigenvalue weighted by molar-refractivity contribution is 7.25. The van der Waals surface area contributed by atoms with Crippen molar-refractivity contribution in [3.8, 4) is 11.5 Å². The molecule has 0 atom stereocenters. The number of hydrogen-bond donors (Lipinski definition) is 0. The molecule has 0 amide bonds. The van der Waals surface area contributed by atoms with Crippen molar-refractivity contribution in [3.63, 3.8) is 0 Å². The van der Waals surface area contributed by atoms with Gasteiger partial charge >= 0.3 is 0 Å². The fourth-order valence-electron chi connectivity index (χ4n) is 4.27. The zero-order valence-corrected chi connectivity index (χ0v) is 21.3. The van der Waals surface area contributed by atoms with Crippen molar-refractivity contribution in [1.29, 1.82) is 0 Å². The molecule has 3 aromatic rings. The lowest BCUT2D eigenvalue weighted by molar-refractivity contribution is 0.303. The third-order valence-corrected chi connectivity index (χ3v) is 7.39. The summed E-state index contributed by atoms with van der Waals surface area (Å²) >= 11 is 1.86. The molecule has 3 rings (SSSR count). The summed E-state index contributed by atoms with van der Waals surface area (Å²) in [5, 5.41) is 2.58. The Bertz CT molecular complexity index is 943. The smallest absolute Gasteiger partial charge is 0.122 e. The van der Waals surface area contributed by atoms with E-state index in [-0.39, 0.29) is 0 Å². The lowest BCUT2D eigenvalue weighted by Gasteiger charge is -2.10. The molecule has 176 valence electrons. The second kappa shape index (κ2) is 13.7. The van der Waals surface area contributed by atoms with Crippen molar-refractivity contribution in [2.45, 2.75) is 97.8 Å². The SMILES string of the molecule is CCCCCCCCOc1ccc2sc3cc(C)c(OCCCCCCCC)cc3c2c1. The Morgan fingerprint density at radius 3 is 1.91 bits per heavy atom. The zero-order valence-electron chi connectivity index (χ0n) is 20.5. The van der Waals surface area contributed by atoms with Crippen LogP contribution in [0, 0.1) is 6.92 Å². The topological polar surface area (TPSA) is 18.5 Å². The van der Waals surface area contributed by atoms with Crippen molar-refractivity contribution >= 4 is 31.5 Å². The molecule has 32 heavy (non-hydrogen) atoms. The fourth-order valence-corrected chi connectivity index (χ4v) is 5.43. The third kappa shape index (κ3) is 7.40. The van der Waals surface area contributed by atoms with Gasteiger partial charge in [0.2, 0.25) is 0 Å². The molecule has 0 aliphatic rings. The summed E-state index contributed by atoms with van der Waals surface area (Å²) in [5.74, 6) is 2.02. The van der Waals surface area contributed by atoms with Crippen LogP contribution in [-0.2, 0) is 0 Å². The number of fused-ring (bicyclic) bond motifs is 3. The predicted molar refractivity (Wildman–Crippen MR) is 142 cm³/mol. The lowest BCUT2D eigenvalue weighted by atomic mass is 10.1. The number of benzene rings is 2. The minimum absolute atomic E-state index is 0.811. The van der Waals surface area contributed by atoms with Crippen molar-refractivity contribution in [3.05, 3.63) is 35.9 Å². The van der Waals surface area contributed by atoms with Crippen LogP contribution in [0.15, 0.2) is 30.3 Å². The number of rotatable bonds is 16. The standard InChI is InChI=1S/C29H42O2S/c1-4-6-8-10-12-14-18-30-24-16-17-28-25(21-24)26-22-27(23(3)20-29(26)32-28)31-19-15-13-11-9-7-5-2/h16-17,20-22H,4-15,18-19H2,1-3H3. The van der Waals surface area contributed by atoms with E-state index in [1.165, 1.54) is 89.9 Å². The maximum absolute atomic E-state index is 6.19. The first-order chi connectivity index (χ1) is 15.7. The maximum atomic E-state index is 6.19. The molecule has 0 aliphatic heterocycles. The van der Waals surface area contributed by atoms with Gasteiger partial charge in [0.25, 0.3) is 0 Å². The summed E-state index contributed by atoms with van der Waals surface area (Å²) < 4.78 is 14.9. The van der Waals surface area contributed by atoms with Crippen LogP contribution in [0.2, 0.25) is 0 Å². The molecule has 0 bridgehead atoms. The third-order valence-electron chi connectivity index (χ3n) is 6.26. The molecule has 0 fully saturated rings. The Hall–Kier alpha value is -1.74. The minimum Gasteiger partial charge on any atom is -0.494 e. The molecule has 2 nitrogen and oxygen atoms in total. The van der Waals surface area contributed by atoms with E-state index >= 15 is 0 Å². The molecule has 1 heterocycles. The van der Waals surface area contributed by atoms with Gasteiger partial charge in [0, 0.05) is 20.2 Å². The molecule has 0 saturated heterocycles. The number of hydrogen-bond acceptors (Lipinski definition) is 3. The van der Waals surface area contributed by atoms with Gasteiger partial charge in [-0.05, 0) is 55.7 Å². The molecule has 1 aromatic heterocycles. The van der Waals surface area contributed by atoms with Crippen LogP contribution < -0.4 is 9.47 Å². The van der Waals surface area contributed by atoms with Crippen molar-refractivity contribution < 1.29 is 9.47 Å². The molecular formula is C29H42O2S. The van der Waals surface area contributed by atoms with Gasteiger partial charge in [-0.2, -0.15) is 0 Å². The molecule has 0 aliphatic carbocycles. The summed E-state index contributed by atoms with van der Waals surface area (Å²) in [6.07, 6.45) is 15.5. The lowest BCUT2D eigenvalue weighted by Crippen LogP contribution is -1.99. The molecule has 0 spiro atoms. The summed E-state index contributed by atoms with van der Waals surface area (Å²) in [7, 11) is 0. The first kappa shape index (κ1) is 24.9. The van der Waals surface area contributed by atoms with Gasteiger partial charge in [-0.3, -0.25) is 0 Å². The molecule has 0 radical (unpaired) electrons. The molecule has 0 saturated carbocycles. The summed E-state index contributed by atoms with van der Waals surface area (Å²) in [4.78, 5) is 0. The van der Waals surface area contributed by atoms with Crippen LogP contribution in [-0.4, -0.2) is 13.2 Å². The summed E-state index contributed by atoms with van der Waals surface area (Å²) in [6.45, 7) is 8.31. The Labute approximate surface area is 199 Å². The van der Waals surface area contributed by atoms with E-state index in [0.29, 0.717) is 0 Å². The van der Waals surface area contributed by atoms with Crippen molar-refractivity contribution in [2.75, 3.05) is 13.2 Å².